The first-order valence-electron chi connectivity index (χ1n) is 7.91. The van der Waals surface area contributed by atoms with Crippen LogP contribution in [0.3, 0.4) is 0 Å². The lowest BCUT2D eigenvalue weighted by molar-refractivity contribution is -0.134. The molecule has 0 spiro atoms. The summed E-state index contributed by atoms with van der Waals surface area (Å²) in [5.74, 6) is -0.0606. The Morgan fingerprint density at radius 1 is 0.960 bits per heavy atom. The van der Waals surface area contributed by atoms with Crippen molar-refractivity contribution in [1.82, 2.24) is 9.80 Å². The molecule has 0 atom stereocenters. The van der Waals surface area contributed by atoms with Crippen LogP contribution in [-0.4, -0.2) is 55.0 Å². The minimum Gasteiger partial charge on any atom is -0.489 e. The standard InChI is InChI=1S/C18H20N2O5/c1-18(2)9-24-13-6-5-11(8-14(13)25-10-18)7-12-15(21)19(3)17(23)20(4)16(12)22/h5-8H,9-10H2,1-4H3. The lowest BCUT2D eigenvalue weighted by Gasteiger charge is -2.28. The molecule has 0 unspecified atom stereocenters. The molecule has 1 saturated heterocycles. The number of nitrogens with zero attached hydrogens (tertiary/aromatic N) is 2. The number of barbiturate groups is 1. The van der Waals surface area contributed by atoms with Gasteiger partial charge in [-0.1, -0.05) is 19.9 Å². The van der Waals surface area contributed by atoms with Gasteiger partial charge in [0, 0.05) is 19.5 Å². The number of rotatable bonds is 1. The summed E-state index contributed by atoms with van der Waals surface area (Å²) in [4.78, 5) is 38.1. The molecule has 132 valence electrons. The van der Waals surface area contributed by atoms with Crippen molar-refractivity contribution in [1.29, 1.82) is 0 Å². The number of hydrogen-bond donors (Lipinski definition) is 0. The topological polar surface area (TPSA) is 76.2 Å². The Morgan fingerprint density at radius 3 is 2.12 bits per heavy atom. The fourth-order valence-corrected chi connectivity index (χ4v) is 2.58. The average Bonchev–Trinajstić information content (AvgIpc) is 2.74. The fraction of sp³-hybridized carbons (Fsp3) is 0.389. The van der Waals surface area contributed by atoms with Crippen LogP contribution in [0.2, 0.25) is 0 Å². The normalized spacial score (nSPS) is 19.8. The minimum absolute atomic E-state index is 0.0700. The monoisotopic (exact) mass is 344 g/mol. The molecule has 2 aliphatic heterocycles. The molecule has 4 amide bonds. The zero-order valence-corrected chi connectivity index (χ0v) is 14.7. The maximum atomic E-state index is 12.3. The van der Waals surface area contributed by atoms with Crippen molar-refractivity contribution in [2.45, 2.75) is 13.8 Å². The van der Waals surface area contributed by atoms with Gasteiger partial charge in [0.05, 0.1) is 13.2 Å². The second kappa shape index (κ2) is 5.91. The zero-order chi connectivity index (χ0) is 18.4. The van der Waals surface area contributed by atoms with E-state index in [4.69, 9.17) is 9.47 Å². The number of likely N-dealkylation sites (N-methyl/N-ethyl adjacent to an activating group) is 2. The van der Waals surface area contributed by atoms with E-state index in [-0.39, 0.29) is 11.0 Å². The smallest absolute Gasteiger partial charge is 0.333 e. The molecule has 0 saturated carbocycles. The second-order valence-electron chi connectivity index (χ2n) is 7.02. The van der Waals surface area contributed by atoms with Crippen LogP contribution in [0, 0.1) is 5.41 Å². The number of urea groups is 1. The summed E-state index contributed by atoms with van der Waals surface area (Å²) in [5.41, 5.74) is 0.438. The van der Waals surface area contributed by atoms with Gasteiger partial charge in [-0.2, -0.15) is 0 Å². The number of hydrogen-bond acceptors (Lipinski definition) is 5. The van der Waals surface area contributed by atoms with Gasteiger partial charge in [0.25, 0.3) is 11.8 Å². The van der Waals surface area contributed by atoms with Crippen molar-refractivity contribution in [3.8, 4) is 11.5 Å². The summed E-state index contributed by atoms with van der Waals surface area (Å²) in [6.45, 7) is 5.13. The first kappa shape index (κ1) is 17.0. The molecular formula is C18H20N2O5. The number of carbonyl (C=O) groups is 3. The molecule has 0 aliphatic carbocycles. The van der Waals surface area contributed by atoms with Crippen LogP contribution in [0.15, 0.2) is 23.8 Å². The van der Waals surface area contributed by atoms with E-state index in [9.17, 15) is 14.4 Å². The summed E-state index contributed by atoms with van der Waals surface area (Å²) >= 11 is 0. The van der Waals surface area contributed by atoms with E-state index in [1.54, 1.807) is 18.2 Å². The highest BCUT2D eigenvalue weighted by atomic mass is 16.5. The van der Waals surface area contributed by atoms with Crippen LogP contribution < -0.4 is 9.47 Å². The molecule has 1 fully saturated rings. The Morgan fingerprint density at radius 2 is 1.52 bits per heavy atom. The maximum Gasteiger partial charge on any atom is 0.333 e. The Balaban J connectivity index is 1.94. The van der Waals surface area contributed by atoms with E-state index < -0.39 is 17.8 Å². The molecule has 3 rings (SSSR count). The summed E-state index contributed by atoms with van der Waals surface area (Å²) in [7, 11) is 2.69. The van der Waals surface area contributed by atoms with Crippen LogP contribution in [-0.2, 0) is 9.59 Å². The quantitative estimate of drug-likeness (QED) is 0.575. The molecule has 0 aromatic heterocycles. The lowest BCUT2D eigenvalue weighted by Crippen LogP contribution is -2.52. The first-order valence-corrected chi connectivity index (χ1v) is 7.91. The average molecular weight is 344 g/mol. The van der Waals surface area contributed by atoms with Crippen LogP contribution in [0.4, 0.5) is 4.79 Å². The Kier molecular flexibility index (Phi) is 4.02. The van der Waals surface area contributed by atoms with E-state index in [1.165, 1.54) is 20.2 Å². The third-order valence-electron chi connectivity index (χ3n) is 4.16. The van der Waals surface area contributed by atoms with Gasteiger partial charge in [-0.25, -0.2) is 4.79 Å². The molecule has 7 nitrogen and oxygen atoms in total. The molecule has 2 aliphatic rings. The Hall–Kier alpha value is -2.83. The highest BCUT2D eigenvalue weighted by Crippen LogP contribution is 2.35. The molecule has 0 N–H and O–H groups in total. The van der Waals surface area contributed by atoms with Crippen molar-refractivity contribution in [2.24, 2.45) is 5.41 Å². The number of carbonyl (C=O) groups excluding carboxylic acids is 3. The van der Waals surface area contributed by atoms with Crippen LogP contribution >= 0.6 is 0 Å². The van der Waals surface area contributed by atoms with Crippen molar-refractivity contribution < 1.29 is 23.9 Å². The molecule has 1 aromatic carbocycles. The predicted octanol–water partition coefficient (Wildman–Crippen LogP) is 1.92. The molecular weight excluding hydrogens is 324 g/mol. The van der Waals surface area contributed by atoms with Crippen molar-refractivity contribution in [2.75, 3.05) is 27.3 Å². The number of amides is 4. The van der Waals surface area contributed by atoms with Gasteiger partial charge < -0.3 is 9.47 Å². The van der Waals surface area contributed by atoms with E-state index in [2.05, 4.69) is 0 Å². The van der Waals surface area contributed by atoms with Gasteiger partial charge in [-0.15, -0.1) is 0 Å². The molecule has 7 heteroatoms. The number of benzene rings is 1. The maximum absolute atomic E-state index is 12.3. The highest BCUT2D eigenvalue weighted by Gasteiger charge is 2.37. The molecule has 1 aromatic rings. The third-order valence-corrected chi connectivity index (χ3v) is 4.16. The minimum atomic E-state index is -0.645. The van der Waals surface area contributed by atoms with Gasteiger partial charge in [0.15, 0.2) is 11.5 Å². The predicted molar refractivity (Wildman–Crippen MR) is 90.1 cm³/mol. The van der Waals surface area contributed by atoms with Gasteiger partial charge in [-0.05, 0) is 23.8 Å². The van der Waals surface area contributed by atoms with Gasteiger partial charge in [-0.3, -0.25) is 19.4 Å². The van der Waals surface area contributed by atoms with E-state index >= 15 is 0 Å². The molecule has 25 heavy (non-hydrogen) atoms. The Bertz CT molecular complexity index is 771. The zero-order valence-electron chi connectivity index (χ0n) is 14.7. The summed E-state index contributed by atoms with van der Waals surface area (Å²) in [6, 6.07) is 4.57. The third kappa shape index (κ3) is 3.09. The Labute approximate surface area is 145 Å². The van der Waals surface area contributed by atoms with E-state index in [0.717, 1.165) is 9.80 Å². The van der Waals surface area contributed by atoms with Crippen LogP contribution in [0.25, 0.3) is 6.08 Å². The van der Waals surface area contributed by atoms with Crippen molar-refractivity contribution in [3.05, 3.63) is 29.3 Å². The largest absolute Gasteiger partial charge is 0.489 e. The van der Waals surface area contributed by atoms with Crippen molar-refractivity contribution in [3.63, 3.8) is 0 Å². The SMILES string of the molecule is CN1C(=O)C(=Cc2ccc3c(c2)OCC(C)(C)CO3)C(=O)N(C)C1=O. The van der Waals surface area contributed by atoms with Gasteiger partial charge in [0.2, 0.25) is 0 Å². The van der Waals surface area contributed by atoms with Crippen LogP contribution in [0.1, 0.15) is 19.4 Å². The fourth-order valence-electron chi connectivity index (χ4n) is 2.58. The molecule has 2 heterocycles. The van der Waals surface area contributed by atoms with Gasteiger partial charge >= 0.3 is 6.03 Å². The van der Waals surface area contributed by atoms with Crippen molar-refractivity contribution >= 4 is 23.9 Å². The molecule has 0 radical (unpaired) electrons. The lowest BCUT2D eigenvalue weighted by atomic mass is 9.97. The van der Waals surface area contributed by atoms with E-state index in [1.807, 2.05) is 13.8 Å². The number of imide groups is 2. The molecule has 0 bridgehead atoms. The summed E-state index contributed by atoms with van der Waals surface area (Å²) in [6.07, 6.45) is 1.46. The van der Waals surface area contributed by atoms with E-state index in [0.29, 0.717) is 30.3 Å². The number of fused-ring (bicyclic) bond motifs is 1. The summed E-state index contributed by atoms with van der Waals surface area (Å²) in [5, 5.41) is 0. The number of ether oxygens (including phenoxy) is 2. The summed E-state index contributed by atoms with van der Waals surface area (Å²) < 4.78 is 11.6. The van der Waals surface area contributed by atoms with Crippen LogP contribution in [0.5, 0.6) is 11.5 Å². The second-order valence-corrected chi connectivity index (χ2v) is 7.02. The first-order chi connectivity index (χ1) is 11.7. The van der Waals surface area contributed by atoms with Gasteiger partial charge in [0.1, 0.15) is 5.57 Å². The highest BCUT2D eigenvalue weighted by molar-refractivity contribution is 6.30.